The van der Waals surface area contributed by atoms with Crippen LogP contribution >= 0.6 is 0 Å². The molecular formula is C24H32N2O3. The highest BCUT2D eigenvalue weighted by Gasteiger charge is 2.49. The molecule has 29 heavy (non-hydrogen) atoms. The highest BCUT2D eigenvalue weighted by molar-refractivity contribution is 5.80. The van der Waals surface area contributed by atoms with Crippen LogP contribution in [0.15, 0.2) is 35.7 Å². The molecule has 5 heteroatoms. The summed E-state index contributed by atoms with van der Waals surface area (Å²) in [6, 6.07) is 9.58. The lowest BCUT2D eigenvalue weighted by atomic mass is 9.74. The van der Waals surface area contributed by atoms with Crippen molar-refractivity contribution in [1.82, 2.24) is 0 Å². The summed E-state index contributed by atoms with van der Waals surface area (Å²) < 4.78 is 11.4. The number of allylic oxidation sites excluding steroid dienone is 1. The van der Waals surface area contributed by atoms with Crippen molar-refractivity contribution in [2.45, 2.75) is 77.2 Å². The first kappa shape index (κ1) is 21.2. The molecular weight excluding hydrogens is 364 g/mol. The summed E-state index contributed by atoms with van der Waals surface area (Å²) >= 11 is 0. The van der Waals surface area contributed by atoms with Crippen LogP contribution in [0.5, 0.6) is 5.75 Å². The Balaban J connectivity index is 1.60. The third-order valence-electron chi connectivity index (χ3n) is 6.10. The van der Waals surface area contributed by atoms with Crippen LogP contribution in [0.3, 0.4) is 0 Å². The van der Waals surface area contributed by atoms with Crippen LogP contribution in [-0.4, -0.2) is 5.97 Å². The van der Waals surface area contributed by atoms with Crippen molar-refractivity contribution in [3.63, 3.8) is 0 Å². The lowest BCUT2D eigenvalue weighted by Crippen LogP contribution is -2.42. The maximum atomic E-state index is 12.8. The van der Waals surface area contributed by atoms with Gasteiger partial charge in [0.15, 0.2) is 5.88 Å². The number of esters is 1. The number of nitriles is 1. The van der Waals surface area contributed by atoms with E-state index < -0.39 is 12.0 Å². The Kier molecular flexibility index (Phi) is 7.57. The zero-order valence-corrected chi connectivity index (χ0v) is 17.4. The van der Waals surface area contributed by atoms with Gasteiger partial charge in [-0.15, -0.1) is 0 Å². The van der Waals surface area contributed by atoms with Crippen LogP contribution < -0.4 is 10.5 Å². The first-order chi connectivity index (χ1) is 14.2. The number of carbonyl (C=O) groups is 1. The molecule has 0 amide bonds. The average molecular weight is 397 g/mol. The highest BCUT2D eigenvalue weighted by atomic mass is 16.6. The average Bonchev–Trinajstić information content (AvgIpc) is 2.72. The van der Waals surface area contributed by atoms with Crippen LogP contribution in [0, 0.1) is 23.2 Å². The van der Waals surface area contributed by atoms with E-state index in [2.05, 4.69) is 13.0 Å². The molecule has 0 saturated heterocycles. The number of rotatable bonds is 10. The molecule has 0 radical (unpaired) electrons. The molecule has 0 aromatic heterocycles. The van der Waals surface area contributed by atoms with Crippen LogP contribution in [0.1, 0.15) is 82.8 Å². The molecule has 1 aromatic rings. The third kappa shape index (κ3) is 4.93. The van der Waals surface area contributed by atoms with Crippen molar-refractivity contribution in [2.24, 2.45) is 17.6 Å². The van der Waals surface area contributed by atoms with Gasteiger partial charge in [-0.1, -0.05) is 82.9 Å². The van der Waals surface area contributed by atoms with Gasteiger partial charge in [-0.2, -0.15) is 5.26 Å². The largest absolute Gasteiger partial charge is 0.469 e. The van der Waals surface area contributed by atoms with E-state index in [4.69, 9.17) is 15.2 Å². The molecule has 3 atom stereocenters. The lowest BCUT2D eigenvalue weighted by molar-refractivity contribution is -0.150. The molecule has 2 aliphatic heterocycles. The molecule has 0 fully saturated rings. The van der Waals surface area contributed by atoms with Crippen LogP contribution in [0.4, 0.5) is 0 Å². The smallest absolute Gasteiger partial charge is 0.319 e. The summed E-state index contributed by atoms with van der Waals surface area (Å²) in [6.45, 7) is 2.23. The molecule has 2 heterocycles. The van der Waals surface area contributed by atoms with Crippen molar-refractivity contribution < 1.29 is 14.3 Å². The monoisotopic (exact) mass is 396 g/mol. The predicted molar refractivity (Wildman–Crippen MR) is 112 cm³/mol. The lowest BCUT2D eigenvalue weighted by Gasteiger charge is -2.40. The number of hydrogen-bond donors (Lipinski definition) is 1. The van der Waals surface area contributed by atoms with E-state index in [1.54, 1.807) is 6.07 Å². The standard InChI is InChI=1S/C24H32N2O3/c1-2-3-4-5-6-7-8-9-10-13-17-19(16-25)23(26)29-22-18-14-11-12-15-20(18)28-24(27)21(17)22/h11-12,14-15,17,21-22H,2-10,13,26H2,1H3/t17-,21+,22-/m1/s1. The Morgan fingerprint density at radius 3 is 2.38 bits per heavy atom. The van der Waals surface area contributed by atoms with Gasteiger partial charge in [0.25, 0.3) is 0 Å². The number of hydrogen-bond acceptors (Lipinski definition) is 5. The quantitative estimate of drug-likeness (QED) is 0.319. The van der Waals surface area contributed by atoms with Gasteiger partial charge >= 0.3 is 5.97 Å². The Morgan fingerprint density at radius 1 is 1.03 bits per heavy atom. The zero-order valence-electron chi connectivity index (χ0n) is 17.4. The van der Waals surface area contributed by atoms with Crippen LogP contribution in [0.2, 0.25) is 0 Å². The Hall–Kier alpha value is -2.48. The highest BCUT2D eigenvalue weighted by Crippen LogP contribution is 2.48. The molecule has 1 aromatic carbocycles. The van der Waals surface area contributed by atoms with Gasteiger partial charge in [-0.3, -0.25) is 4.79 Å². The van der Waals surface area contributed by atoms with E-state index in [1.807, 2.05) is 18.2 Å². The van der Waals surface area contributed by atoms with Gasteiger partial charge in [0.05, 0.1) is 5.57 Å². The minimum Gasteiger partial charge on any atom is -0.469 e. The van der Waals surface area contributed by atoms with Gasteiger partial charge in [-0.25, -0.2) is 0 Å². The summed E-state index contributed by atoms with van der Waals surface area (Å²) in [7, 11) is 0. The first-order valence-corrected chi connectivity index (χ1v) is 11.0. The van der Waals surface area contributed by atoms with E-state index >= 15 is 0 Å². The van der Waals surface area contributed by atoms with Gasteiger partial charge < -0.3 is 15.2 Å². The topological polar surface area (TPSA) is 85.3 Å². The fourth-order valence-electron chi connectivity index (χ4n) is 4.51. The molecule has 0 bridgehead atoms. The van der Waals surface area contributed by atoms with Gasteiger partial charge in [0.1, 0.15) is 23.8 Å². The molecule has 2 aliphatic rings. The summed E-state index contributed by atoms with van der Waals surface area (Å²) in [6.07, 6.45) is 11.3. The maximum absolute atomic E-state index is 12.8. The molecule has 2 N–H and O–H groups in total. The predicted octanol–water partition coefficient (Wildman–Crippen LogP) is 5.52. The second-order valence-corrected chi connectivity index (χ2v) is 8.14. The summed E-state index contributed by atoms with van der Waals surface area (Å²) in [5.74, 6) is -0.409. The molecule has 0 saturated carbocycles. The fourth-order valence-corrected chi connectivity index (χ4v) is 4.51. The van der Waals surface area contributed by atoms with Gasteiger partial charge in [-0.05, 0) is 12.5 Å². The fraction of sp³-hybridized carbons (Fsp3) is 0.583. The molecule has 156 valence electrons. The summed E-state index contributed by atoms with van der Waals surface area (Å²) in [5, 5.41) is 9.63. The van der Waals surface area contributed by atoms with Crippen molar-refractivity contribution >= 4 is 5.97 Å². The number of fused-ring (bicyclic) bond motifs is 3. The Morgan fingerprint density at radius 2 is 1.69 bits per heavy atom. The Bertz CT molecular complexity index is 781. The third-order valence-corrected chi connectivity index (χ3v) is 6.10. The molecule has 0 aliphatic carbocycles. The zero-order chi connectivity index (χ0) is 20.6. The van der Waals surface area contributed by atoms with Crippen LogP contribution in [-0.2, 0) is 9.53 Å². The molecule has 0 unspecified atom stereocenters. The van der Waals surface area contributed by atoms with E-state index in [-0.39, 0.29) is 17.8 Å². The normalized spacial score (nSPS) is 22.9. The van der Waals surface area contributed by atoms with Crippen molar-refractivity contribution in [3.05, 3.63) is 41.3 Å². The number of nitrogens with zero attached hydrogens (tertiary/aromatic N) is 1. The number of unbranched alkanes of at least 4 members (excludes halogenated alkanes) is 8. The van der Waals surface area contributed by atoms with E-state index in [1.165, 1.54) is 44.9 Å². The van der Waals surface area contributed by atoms with Crippen molar-refractivity contribution in [2.75, 3.05) is 0 Å². The molecule has 0 spiro atoms. The number of nitrogens with two attached hydrogens (primary N) is 1. The van der Waals surface area contributed by atoms with Crippen molar-refractivity contribution in [1.29, 1.82) is 5.26 Å². The Labute approximate surface area is 173 Å². The number of benzene rings is 1. The number of carbonyl (C=O) groups excluding carboxylic acids is 1. The van der Waals surface area contributed by atoms with Crippen molar-refractivity contribution in [3.8, 4) is 11.8 Å². The maximum Gasteiger partial charge on any atom is 0.319 e. The van der Waals surface area contributed by atoms with E-state index in [9.17, 15) is 10.1 Å². The van der Waals surface area contributed by atoms with Gasteiger partial charge in [0.2, 0.25) is 0 Å². The summed E-state index contributed by atoms with van der Waals surface area (Å²) in [5.41, 5.74) is 7.30. The SMILES string of the molecule is CCCCCCCCCCC[C@@H]1C(C#N)=C(N)O[C@@H]2c3ccccc3OC(=O)[C@@H]12. The first-order valence-electron chi connectivity index (χ1n) is 11.0. The second kappa shape index (κ2) is 10.3. The summed E-state index contributed by atoms with van der Waals surface area (Å²) in [4.78, 5) is 12.8. The number of ether oxygens (including phenoxy) is 2. The molecule has 5 nitrogen and oxygen atoms in total. The van der Waals surface area contributed by atoms with E-state index in [0.29, 0.717) is 11.3 Å². The van der Waals surface area contributed by atoms with E-state index in [0.717, 1.165) is 24.8 Å². The van der Waals surface area contributed by atoms with Crippen LogP contribution in [0.25, 0.3) is 0 Å². The second-order valence-electron chi connectivity index (χ2n) is 8.14. The van der Waals surface area contributed by atoms with Gasteiger partial charge in [0, 0.05) is 11.5 Å². The molecule has 3 rings (SSSR count). The minimum atomic E-state index is -0.513. The minimum absolute atomic E-state index is 0.152. The number of para-hydroxylation sites is 1.